The molecular formula is C15H26ClN3O2. The highest BCUT2D eigenvalue weighted by atomic mass is 35.5. The monoisotopic (exact) mass is 315 g/mol. The van der Waals surface area contributed by atoms with E-state index in [1.54, 1.807) is 6.07 Å². The van der Waals surface area contributed by atoms with E-state index in [1.807, 2.05) is 25.8 Å². The van der Waals surface area contributed by atoms with Crippen LogP contribution in [0.25, 0.3) is 0 Å². The molecule has 0 spiro atoms. The largest absolute Gasteiger partial charge is 0.351 e. The molecule has 0 aromatic carbocycles. The highest BCUT2D eigenvalue weighted by Crippen LogP contribution is 2.22. The van der Waals surface area contributed by atoms with Gasteiger partial charge in [-0.05, 0) is 44.7 Å². The van der Waals surface area contributed by atoms with Crippen LogP contribution in [0.4, 0.5) is 0 Å². The van der Waals surface area contributed by atoms with Gasteiger partial charge >= 0.3 is 0 Å². The van der Waals surface area contributed by atoms with Crippen LogP contribution in [0.2, 0.25) is 0 Å². The summed E-state index contributed by atoms with van der Waals surface area (Å²) in [5.74, 6) is 1.37. The molecule has 1 aliphatic rings. The third-order valence-electron chi connectivity index (χ3n) is 4.04. The maximum absolute atomic E-state index is 12.3. The standard InChI is InChI=1S/C15H25N3O2.ClH/c1-11(2)13-10-14(20-17-13)15(19)18-8-5-12(6-9-18)4-7-16-3;/h10-12,16H,4-9H2,1-3H3;1H. The SMILES string of the molecule is CNCCC1CCN(C(=O)c2cc(C(C)C)no2)CC1.Cl. The molecule has 1 aromatic heterocycles. The number of nitrogens with zero attached hydrogens (tertiary/aromatic N) is 2. The van der Waals surface area contributed by atoms with Crippen LogP contribution in [0.3, 0.4) is 0 Å². The normalized spacial score (nSPS) is 16.1. The lowest BCUT2D eigenvalue weighted by molar-refractivity contribution is 0.0645. The zero-order valence-electron chi connectivity index (χ0n) is 13.1. The van der Waals surface area contributed by atoms with Crippen LogP contribution >= 0.6 is 12.4 Å². The Bertz CT molecular complexity index is 440. The highest BCUT2D eigenvalue weighted by Gasteiger charge is 2.26. The first kappa shape index (κ1) is 18.0. The van der Waals surface area contributed by atoms with Crippen molar-refractivity contribution in [3.63, 3.8) is 0 Å². The molecule has 0 unspecified atom stereocenters. The van der Waals surface area contributed by atoms with Gasteiger partial charge in [-0.25, -0.2) is 0 Å². The van der Waals surface area contributed by atoms with Gasteiger partial charge in [0.2, 0.25) is 5.76 Å². The molecule has 21 heavy (non-hydrogen) atoms. The van der Waals surface area contributed by atoms with E-state index in [4.69, 9.17) is 4.52 Å². The molecule has 1 saturated heterocycles. The van der Waals surface area contributed by atoms with Crippen LogP contribution in [0.15, 0.2) is 10.6 Å². The smallest absolute Gasteiger partial charge is 0.292 e. The van der Waals surface area contributed by atoms with Crippen LogP contribution in [0, 0.1) is 5.92 Å². The predicted octanol–water partition coefficient (Wildman–Crippen LogP) is 2.68. The summed E-state index contributed by atoms with van der Waals surface area (Å²) in [4.78, 5) is 14.2. The second-order valence-corrected chi connectivity index (χ2v) is 5.90. The van der Waals surface area contributed by atoms with Gasteiger partial charge in [-0.3, -0.25) is 4.79 Å². The number of carbonyl (C=O) groups excluding carboxylic acids is 1. The summed E-state index contributed by atoms with van der Waals surface area (Å²) in [7, 11) is 1.98. The number of carbonyl (C=O) groups is 1. The number of halogens is 1. The van der Waals surface area contributed by atoms with Gasteiger partial charge in [-0.2, -0.15) is 0 Å². The Morgan fingerprint density at radius 2 is 2.14 bits per heavy atom. The Balaban J connectivity index is 0.00000220. The minimum Gasteiger partial charge on any atom is -0.351 e. The van der Waals surface area contributed by atoms with Gasteiger partial charge in [-0.1, -0.05) is 19.0 Å². The maximum atomic E-state index is 12.3. The molecule has 6 heteroatoms. The maximum Gasteiger partial charge on any atom is 0.292 e. The van der Waals surface area contributed by atoms with Gasteiger partial charge in [0.25, 0.3) is 5.91 Å². The second kappa shape index (κ2) is 8.39. The molecule has 2 heterocycles. The van der Waals surface area contributed by atoms with Crippen LogP contribution in [-0.2, 0) is 0 Å². The van der Waals surface area contributed by atoms with Crippen LogP contribution in [0.5, 0.6) is 0 Å². The van der Waals surface area contributed by atoms with E-state index in [9.17, 15) is 4.79 Å². The van der Waals surface area contributed by atoms with Crippen molar-refractivity contribution in [1.29, 1.82) is 0 Å². The Hall–Kier alpha value is -1.07. The Labute approximate surface area is 132 Å². The van der Waals surface area contributed by atoms with Crippen molar-refractivity contribution in [2.45, 2.75) is 39.0 Å². The van der Waals surface area contributed by atoms with E-state index in [1.165, 1.54) is 6.42 Å². The fourth-order valence-corrected chi connectivity index (χ4v) is 2.59. The van der Waals surface area contributed by atoms with Gasteiger partial charge in [0.1, 0.15) is 0 Å². The number of aromatic nitrogens is 1. The van der Waals surface area contributed by atoms with E-state index in [0.29, 0.717) is 5.76 Å². The molecule has 0 atom stereocenters. The summed E-state index contributed by atoms with van der Waals surface area (Å²) in [6.45, 7) is 6.78. The molecule has 1 amide bonds. The number of piperidine rings is 1. The van der Waals surface area contributed by atoms with Crippen molar-refractivity contribution in [2.24, 2.45) is 5.92 Å². The molecule has 1 aliphatic heterocycles. The molecule has 0 radical (unpaired) electrons. The summed E-state index contributed by atoms with van der Waals surface area (Å²) >= 11 is 0. The first-order valence-corrected chi connectivity index (χ1v) is 7.52. The van der Waals surface area contributed by atoms with Crippen LogP contribution < -0.4 is 5.32 Å². The number of nitrogens with one attached hydrogen (secondary N) is 1. The van der Waals surface area contributed by atoms with E-state index in [0.717, 1.165) is 44.1 Å². The van der Waals surface area contributed by atoms with Gasteiger partial charge in [-0.15, -0.1) is 12.4 Å². The molecular weight excluding hydrogens is 290 g/mol. The van der Waals surface area contributed by atoms with Gasteiger partial charge in [0.05, 0.1) is 5.69 Å². The molecule has 1 fully saturated rings. The number of amides is 1. The van der Waals surface area contributed by atoms with Crippen molar-refractivity contribution in [3.05, 3.63) is 17.5 Å². The summed E-state index contributed by atoms with van der Waals surface area (Å²) in [6, 6.07) is 1.78. The van der Waals surface area contributed by atoms with Crippen molar-refractivity contribution >= 4 is 18.3 Å². The summed E-state index contributed by atoms with van der Waals surface area (Å²) in [5, 5.41) is 7.14. The second-order valence-electron chi connectivity index (χ2n) is 5.90. The molecule has 0 saturated carbocycles. The zero-order chi connectivity index (χ0) is 14.5. The molecule has 0 aliphatic carbocycles. The first-order valence-electron chi connectivity index (χ1n) is 7.52. The fraction of sp³-hybridized carbons (Fsp3) is 0.733. The molecule has 2 rings (SSSR count). The quantitative estimate of drug-likeness (QED) is 0.907. The minimum absolute atomic E-state index is 0. The number of hydrogen-bond acceptors (Lipinski definition) is 4. The van der Waals surface area contributed by atoms with Crippen LogP contribution in [-0.4, -0.2) is 42.6 Å². The minimum atomic E-state index is -0.0172. The number of rotatable bonds is 5. The van der Waals surface area contributed by atoms with Gasteiger partial charge in [0, 0.05) is 19.2 Å². The highest BCUT2D eigenvalue weighted by molar-refractivity contribution is 5.91. The molecule has 5 nitrogen and oxygen atoms in total. The predicted molar refractivity (Wildman–Crippen MR) is 85.0 cm³/mol. The summed E-state index contributed by atoms with van der Waals surface area (Å²) in [5.41, 5.74) is 0.845. The van der Waals surface area contributed by atoms with E-state index in [-0.39, 0.29) is 24.2 Å². The van der Waals surface area contributed by atoms with E-state index < -0.39 is 0 Å². The van der Waals surface area contributed by atoms with Gasteiger partial charge < -0.3 is 14.7 Å². The average Bonchev–Trinajstić information content (AvgIpc) is 2.95. The van der Waals surface area contributed by atoms with E-state index >= 15 is 0 Å². The van der Waals surface area contributed by atoms with Crippen molar-refractivity contribution in [3.8, 4) is 0 Å². The lowest BCUT2D eigenvalue weighted by Crippen LogP contribution is -2.38. The third-order valence-corrected chi connectivity index (χ3v) is 4.04. The lowest BCUT2D eigenvalue weighted by Gasteiger charge is -2.31. The third kappa shape index (κ3) is 4.71. The molecule has 1 N–H and O–H groups in total. The molecule has 120 valence electrons. The topological polar surface area (TPSA) is 58.4 Å². The zero-order valence-corrected chi connectivity index (χ0v) is 13.9. The van der Waals surface area contributed by atoms with Crippen molar-refractivity contribution in [1.82, 2.24) is 15.4 Å². The Morgan fingerprint density at radius 3 is 2.67 bits per heavy atom. The Morgan fingerprint density at radius 1 is 1.48 bits per heavy atom. The van der Waals surface area contributed by atoms with Crippen LogP contribution in [0.1, 0.15) is 55.3 Å². The lowest BCUT2D eigenvalue weighted by atomic mass is 9.93. The first-order chi connectivity index (χ1) is 9.61. The fourth-order valence-electron chi connectivity index (χ4n) is 2.59. The average molecular weight is 316 g/mol. The molecule has 0 bridgehead atoms. The van der Waals surface area contributed by atoms with E-state index in [2.05, 4.69) is 10.5 Å². The summed E-state index contributed by atoms with van der Waals surface area (Å²) in [6.07, 6.45) is 3.36. The number of likely N-dealkylation sites (tertiary alicyclic amines) is 1. The molecule has 1 aromatic rings. The van der Waals surface area contributed by atoms with Crippen molar-refractivity contribution in [2.75, 3.05) is 26.7 Å². The summed E-state index contributed by atoms with van der Waals surface area (Å²) < 4.78 is 5.18. The van der Waals surface area contributed by atoms with Crippen molar-refractivity contribution < 1.29 is 9.32 Å². The number of hydrogen-bond donors (Lipinski definition) is 1. The van der Waals surface area contributed by atoms with Gasteiger partial charge in [0.15, 0.2) is 0 Å². The Kier molecular flexibility index (Phi) is 7.18.